The Kier molecular flexibility index (Phi) is 3.74. The highest BCUT2D eigenvalue weighted by molar-refractivity contribution is 5.99. The molecule has 0 aromatic heterocycles. The van der Waals surface area contributed by atoms with Gasteiger partial charge in [0.05, 0.1) is 18.4 Å². The number of primary amides is 1. The fourth-order valence-corrected chi connectivity index (χ4v) is 1.77. The van der Waals surface area contributed by atoms with Crippen LogP contribution in [0.1, 0.15) is 10.4 Å². The van der Waals surface area contributed by atoms with Crippen LogP contribution in [-0.4, -0.2) is 13.0 Å². The minimum absolute atomic E-state index is 0.0968. The maximum Gasteiger partial charge on any atom is 0.250 e. The van der Waals surface area contributed by atoms with Crippen molar-refractivity contribution in [2.45, 2.75) is 0 Å². The van der Waals surface area contributed by atoms with Crippen molar-refractivity contribution in [3.05, 3.63) is 47.8 Å². The van der Waals surface area contributed by atoms with Gasteiger partial charge in [-0.1, -0.05) is 0 Å². The van der Waals surface area contributed by atoms with E-state index in [4.69, 9.17) is 16.2 Å². The van der Waals surface area contributed by atoms with E-state index in [1.54, 1.807) is 12.1 Å². The van der Waals surface area contributed by atoms with E-state index in [0.29, 0.717) is 22.6 Å². The number of benzene rings is 2. The number of ether oxygens (including phenoxy) is 1. The molecule has 104 valence electrons. The van der Waals surface area contributed by atoms with Gasteiger partial charge in [-0.25, -0.2) is 4.39 Å². The Morgan fingerprint density at radius 3 is 2.65 bits per heavy atom. The van der Waals surface area contributed by atoms with Gasteiger partial charge in [0.2, 0.25) is 0 Å². The van der Waals surface area contributed by atoms with Crippen LogP contribution in [0.15, 0.2) is 36.4 Å². The normalized spacial score (nSPS) is 10.1. The number of rotatable bonds is 4. The van der Waals surface area contributed by atoms with Crippen molar-refractivity contribution in [3.63, 3.8) is 0 Å². The number of carbonyl (C=O) groups excluding carboxylic acids is 1. The molecule has 2 rings (SSSR count). The van der Waals surface area contributed by atoms with Crippen molar-refractivity contribution < 1.29 is 13.9 Å². The van der Waals surface area contributed by atoms with E-state index in [9.17, 15) is 9.18 Å². The summed E-state index contributed by atoms with van der Waals surface area (Å²) in [5, 5.41) is 2.97. The number of nitrogen functional groups attached to an aromatic ring is 1. The molecule has 0 spiro atoms. The Hall–Kier alpha value is -2.76. The molecule has 6 heteroatoms. The van der Waals surface area contributed by atoms with Crippen LogP contribution < -0.4 is 21.5 Å². The fraction of sp³-hybridized carbons (Fsp3) is 0.0714. The number of nitrogens with two attached hydrogens (primary N) is 2. The zero-order valence-corrected chi connectivity index (χ0v) is 10.8. The molecule has 0 saturated carbocycles. The van der Waals surface area contributed by atoms with Crippen LogP contribution in [0, 0.1) is 5.82 Å². The Labute approximate surface area is 115 Å². The van der Waals surface area contributed by atoms with Crippen LogP contribution in [0.2, 0.25) is 0 Å². The molecule has 20 heavy (non-hydrogen) atoms. The summed E-state index contributed by atoms with van der Waals surface area (Å²) in [6, 6.07) is 8.94. The van der Waals surface area contributed by atoms with E-state index in [1.165, 1.54) is 31.4 Å². The smallest absolute Gasteiger partial charge is 0.250 e. The molecule has 0 aliphatic heterocycles. The average Bonchev–Trinajstić information content (AvgIpc) is 2.40. The molecule has 0 aliphatic carbocycles. The maximum atomic E-state index is 13.3. The molecule has 0 saturated heterocycles. The Balaban J connectivity index is 2.39. The molecule has 0 atom stereocenters. The van der Waals surface area contributed by atoms with E-state index < -0.39 is 11.7 Å². The highest BCUT2D eigenvalue weighted by atomic mass is 19.1. The summed E-state index contributed by atoms with van der Waals surface area (Å²) in [5.74, 6) is -0.957. The number of hydrogen-bond donors (Lipinski definition) is 3. The lowest BCUT2D eigenvalue weighted by molar-refractivity contribution is 0.100. The standard InChI is InChI=1S/C14H14FN3O2/c1-20-13-7-9(3-5-11(13)15)18-12-6-8(16)2-4-10(12)14(17)19/h2-7,18H,16H2,1H3,(H2,17,19). The van der Waals surface area contributed by atoms with Crippen LogP contribution in [0.3, 0.4) is 0 Å². The van der Waals surface area contributed by atoms with Gasteiger partial charge in [0.1, 0.15) is 0 Å². The molecular weight excluding hydrogens is 261 g/mol. The molecule has 2 aromatic rings. The third-order valence-electron chi connectivity index (χ3n) is 2.74. The fourth-order valence-electron chi connectivity index (χ4n) is 1.77. The first kappa shape index (κ1) is 13.7. The van der Waals surface area contributed by atoms with Crippen LogP contribution in [-0.2, 0) is 0 Å². The second-order valence-electron chi connectivity index (χ2n) is 4.14. The molecule has 1 amide bonds. The highest BCUT2D eigenvalue weighted by Crippen LogP contribution is 2.27. The SMILES string of the molecule is COc1cc(Nc2cc(N)ccc2C(N)=O)ccc1F. The summed E-state index contributed by atoms with van der Waals surface area (Å²) in [6.07, 6.45) is 0. The molecule has 0 heterocycles. The monoisotopic (exact) mass is 275 g/mol. The van der Waals surface area contributed by atoms with E-state index in [0.717, 1.165) is 0 Å². The molecule has 0 bridgehead atoms. The second kappa shape index (κ2) is 5.48. The number of halogens is 1. The number of amides is 1. The molecule has 5 N–H and O–H groups in total. The van der Waals surface area contributed by atoms with Crippen LogP contribution in [0.4, 0.5) is 21.5 Å². The first-order valence-electron chi connectivity index (χ1n) is 5.81. The van der Waals surface area contributed by atoms with Crippen molar-refractivity contribution in [1.29, 1.82) is 0 Å². The number of carbonyl (C=O) groups is 1. The topological polar surface area (TPSA) is 90.4 Å². The highest BCUT2D eigenvalue weighted by Gasteiger charge is 2.10. The van der Waals surface area contributed by atoms with Gasteiger partial charge in [-0.15, -0.1) is 0 Å². The van der Waals surface area contributed by atoms with Crippen LogP contribution >= 0.6 is 0 Å². The summed E-state index contributed by atoms with van der Waals surface area (Å²) in [5.41, 5.74) is 12.8. The van der Waals surface area contributed by atoms with Gasteiger partial charge in [0.25, 0.3) is 5.91 Å². The van der Waals surface area contributed by atoms with Crippen molar-refractivity contribution in [2.24, 2.45) is 5.73 Å². The summed E-state index contributed by atoms with van der Waals surface area (Å²) >= 11 is 0. The average molecular weight is 275 g/mol. The Morgan fingerprint density at radius 1 is 1.25 bits per heavy atom. The van der Waals surface area contributed by atoms with Gasteiger partial charge in [0.15, 0.2) is 11.6 Å². The predicted molar refractivity (Wildman–Crippen MR) is 75.6 cm³/mol. The molecule has 0 fully saturated rings. The first-order valence-corrected chi connectivity index (χ1v) is 5.81. The minimum Gasteiger partial charge on any atom is -0.494 e. The van der Waals surface area contributed by atoms with Gasteiger partial charge in [-0.2, -0.15) is 0 Å². The van der Waals surface area contributed by atoms with Gasteiger partial charge in [-0.05, 0) is 30.3 Å². The summed E-state index contributed by atoms with van der Waals surface area (Å²) in [4.78, 5) is 11.4. The van der Waals surface area contributed by atoms with E-state index in [1.807, 2.05) is 0 Å². The quantitative estimate of drug-likeness (QED) is 0.746. The van der Waals surface area contributed by atoms with E-state index >= 15 is 0 Å². The third-order valence-corrected chi connectivity index (χ3v) is 2.74. The van der Waals surface area contributed by atoms with Gasteiger partial charge in [-0.3, -0.25) is 4.79 Å². The van der Waals surface area contributed by atoms with Gasteiger partial charge in [0, 0.05) is 17.4 Å². The molecule has 2 aromatic carbocycles. The Bertz CT molecular complexity index is 659. The van der Waals surface area contributed by atoms with Gasteiger partial charge < -0.3 is 21.5 Å². The number of methoxy groups -OCH3 is 1. The molecule has 0 radical (unpaired) electrons. The van der Waals surface area contributed by atoms with Gasteiger partial charge >= 0.3 is 0 Å². The summed E-state index contributed by atoms with van der Waals surface area (Å²) < 4.78 is 18.2. The first-order chi connectivity index (χ1) is 9.51. The number of nitrogens with one attached hydrogen (secondary N) is 1. The molecular formula is C14H14FN3O2. The van der Waals surface area contributed by atoms with Crippen molar-refractivity contribution in [3.8, 4) is 5.75 Å². The largest absolute Gasteiger partial charge is 0.494 e. The molecule has 0 unspecified atom stereocenters. The van der Waals surface area contributed by atoms with Crippen molar-refractivity contribution >= 4 is 23.0 Å². The van der Waals surface area contributed by atoms with Crippen molar-refractivity contribution in [1.82, 2.24) is 0 Å². The zero-order chi connectivity index (χ0) is 14.7. The minimum atomic E-state index is -0.582. The molecule has 0 aliphatic rings. The lowest BCUT2D eigenvalue weighted by Crippen LogP contribution is -2.13. The third kappa shape index (κ3) is 2.80. The number of hydrogen-bond acceptors (Lipinski definition) is 4. The van der Waals surface area contributed by atoms with Crippen molar-refractivity contribution in [2.75, 3.05) is 18.2 Å². The van der Waals surface area contributed by atoms with Crippen LogP contribution in [0.25, 0.3) is 0 Å². The zero-order valence-electron chi connectivity index (χ0n) is 10.8. The lowest BCUT2D eigenvalue weighted by Gasteiger charge is -2.12. The number of anilines is 3. The summed E-state index contributed by atoms with van der Waals surface area (Å²) in [6.45, 7) is 0. The summed E-state index contributed by atoms with van der Waals surface area (Å²) in [7, 11) is 1.37. The predicted octanol–water partition coefficient (Wildman–Crippen LogP) is 2.26. The van der Waals surface area contributed by atoms with E-state index in [-0.39, 0.29) is 5.75 Å². The Morgan fingerprint density at radius 2 is 2.00 bits per heavy atom. The maximum absolute atomic E-state index is 13.3. The molecule has 5 nitrogen and oxygen atoms in total. The van der Waals surface area contributed by atoms with Crippen LogP contribution in [0.5, 0.6) is 5.75 Å². The lowest BCUT2D eigenvalue weighted by atomic mass is 10.1. The second-order valence-corrected chi connectivity index (χ2v) is 4.14. The van der Waals surface area contributed by atoms with E-state index in [2.05, 4.69) is 5.32 Å².